The Morgan fingerprint density at radius 1 is 1.00 bits per heavy atom. The number of aliphatic hydroxyl groups is 1. The highest BCUT2D eigenvalue weighted by atomic mass is 16.3. The summed E-state index contributed by atoms with van der Waals surface area (Å²) in [6.45, 7) is 4.01. The number of fused-ring (bicyclic) bond motifs is 2. The molecule has 1 N–H and O–H groups in total. The van der Waals surface area contributed by atoms with Crippen molar-refractivity contribution in [1.29, 1.82) is 0 Å². The van der Waals surface area contributed by atoms with Crippen LogP contribution in [0.15, 0.2) is 66.3 Å². The molecule has 0 saturated heterocycles. The number of allylic oxidation sites excluding steroid dienone is 5. The Balaban J connectivity index is 2.28. The van der Waals surface area contributed by atoms with E-state index in [1.54, 1.807) is 0 Å². The predicted molar refractivity (Wildman–Crippen MR) is 70.0 cm³/mol. The van der Waals surface area contributed by atoms with Crippen LogP contribution >= 0.6 is 0 Å². The maximum Gasteiger partial charge on any atom is 0.105 e. The molecule has 0 fully saturated rings. The van der Waals surface area contributed by atoms with Gasteiger partial charge in [-0.3, -0.25) is 0 Å². The predicted octanol–water partition coefficient (Wildman–Crippen LogP) is 3.37. The second kappa shape index (κ2) is 3.86. The molecule has 1 aromatic carbocycles. The Morgan fingerprint density at radius 2 is 1.82 bits per heavy atom. The van der Waals surface area contributed by atoms with Crippen molar-refractivity contribution >= 4 is 5.57 Å². The third kappa shape index (κ3) is 1.51. The molecule has 0 aromatic heterocycles. The first kappa shape index (κ1) is 10.3. The molecule has 1 unspecified atom stereocenters. The number of hydrogen-bond acceptors (Lipinski definition) is 1. The lowest BCUT2D eigenvalue weighted by molar-refractivity contribution is 0.217. The van der Waals surface area contributed by atoms with E-state index in [-0.39, 0.29) is 0 Å². The molecule has 1 atom stereocenters. The van der Waals surface area contributed by atoms with E-state index in [1.807, 2.05) is 48.6 Å². The monoisotopic (exact) mass is 221 g/mol. The van der Waals surface area contributed by atoms with Crippen molar-refractivity contribution in [2.24, 2.45) is 0 Å². The van der Waals surface area contributed by atoms with E-state index < -0.39 is 6.10 Å². The second-order valence-electron chi connectivity index (χ2n) is 4.25. The summed E-state index contributed by atoms with van der Waals surface area (Å²) < 4.78 is 0. The van der Waals surface area contributed by atoms with E-state index in [0.717, 1.165) is 27.8 Å². The summed E-state index contributed by atoms with van der Waals surface area (Å²) in [5.74, 6) is 0. The van der Waals surface area contributed by atoms with Crippen molar-refractivity contribution in [1.82, 2.24) is 0 Å². The van der Waals surface area contributed by atoms with Crippen LogP contribution in [0, 0.1) is 6.42 Å². The lowest BCUT2D eigenvalue weighted by Crippen LogP contribution is -2.12. The fourth-order valence-corrected chi connectivity index (χ4v) is 2.38. The molecule has 0 heterocycles. The molecule has 2 aliphatic rings. The highest BCUT2D eigenvalue weighted by Crippen LogP contribution is 2.42. The van der Waals surface area contributed by atoms with Gasteiger partial charge in [-0.25, -0.2) is 0 Å². The molecular weight excluding hydrogens is 208 g/mol. The Morgan fingerprint density at radius 3 is 2.71 bits per heavy atom. The van der Waals surface area contributed by atoms with Gasteiger partial charge in [0.1, 0.15) is 6.10 Å². The lowest BCUT2D eigenvalue weighted by Gasteiger charge is -2.27. The fourth-order valence-electron chi connectivity index (χ4n) is 2.38. The van der Waals surface area contributed by atoms with Crippen LogP contribution < -0.4 is 0 Å². The van der Waals surface area contributed by atoms with Crippen LogP contribution in [0.2, 0.25) is 0 Å². The third-order valence-electron chi connectivity index (χ3n) is 3.26. The summed E-state index contributed by atoms with van der Waals surface area (Å²) in [6, 6.07) is 7.95. The zero-order valence-electron chi connectivity index (χ0n) is 9.43. The molecule has 1 aromatic rings. The van der Waals surface area contributed by atoms with Crippen LogP contribution in [0.25, 0.3) is 5.57 Å². The molecule has 1 radical (unpaired) electrons. The SMILES string of the molecule is C=C1C2=C([CH]C=CC=C2)c2ccccc2C1O. The molecule has 0 amide bonds. The first-order valence-corrected chi connectivity index (χ1v) is 5.68. The summed E-state index contributed by atoms with van der Waals surface area (Å²) in [6.07, 6.45) is 9.47. The van der Waals surface area contributed by atoms with Gasteiger partial charge in [-0.05, 0) is 27.8 Å². The van der Waals surface area contributed by atoms with Crippen LogP contribution in [-0.4, -0.2) is 5.11 Å². The van der Waals surface area contributed by atoms with E-state index in [0.29, 0.717) is 0 Å². The topological polar surface area (TPSA) is 20.2 Å². The quantitative estimate of drug-likeness (QED) is 0.712. The van der Waals surface area contributed by atoms with Gasteiger partial charge in [-0.15, -0.1) is 0 Å². The van der Waals surface area contributed by atoms with Crippen LogP contribution in [0.5, 0.6) is 0 Å². The van der Waals surface area contributed by atoms with Crippen LogP contribution in [-0.2, 0) is 0 Å². The maximum absolute atomic E-state index is 10.3. The van der Waals surface area contributed by atoms with Crippen molar-refractivity contribution in [3.8, 4) is 0 Å². The van der Waals surface area contributed by atoms with Crippen molar-refractivity contribution < 1.29 is 5.11 Å². The number of rotatable bonds is 0. The molecule has 0 saturated carbocycles. The molecule has 1 nitrogen and oxygen atoms in total. The summed E-state index contributed by atoms with van der Waals surface area (Å²) in [5.41, 5.74) is 4.98. The molecule has 0 spiro atoms. The van der Waals surface area contributed by atoms with Gasteiger partial charge >= 0.3 is 0 Å². The molecule has 3 rings (SSSR count). The molecular formula is C16H13O. The normalized spacial score (nSPS) is 22.2. The lowest BCUT2D eigenvalue weighted by atomic mass is 9.80. The minimum atomic E-state index is -0.596. The van der Waals surface area contributed by atoms with Crippen LogP contribution in [0.1, 0.15) is 17.2 Å². The Bertz CT molecular complexity index is 573. The van der Waals surface area contributed by atoms with Gasteiger partial charge in [0.05, 0.1) is 0 Å². The molecule has 0 aliphatic heterocycles. The summed E-state index contributed by atoms with van der Waals surface area (Å²) >= 11 is 0. The zero-order chi connectivity index (χ0) is 11.8. The second-order valence-corrected chi connectivity index (χ2v) is 4.25. The third-order valence-corrected chi connectivity index (χ3v) is 3.26. The van der Waals surface area contributed by atoms with Crippen molar-refractivity contribution in [3.63, 3.8) is 0 Å². The summed E-state index contributed by atoms with van der Waals surface area (Å²) in [5, 5.41) is 10.3. The Hall–Kier alpha value is -1.86. The average Bonchev–Trinajstić information content (AvgIpc) is 2.62. The standard InChI is InChI=1S/C16H13O/c1-11-12-7-3-2-4-8-13(12)14-9-5-6-10-15(14)16(11)17/h2-10,16-17H,1H2. The molecule has 2 aliphatic carbocycles. The van der Waals surface area contributed by atoms with Crippen LogP contribution in [0.4, 0.5) is 0 Å². The van der Waals surface area contributed by atoms with Gasteiger partial charge in [0, 0.05) is 6.42 Å². The van der Waals surface area contributed by atoms with Gasteiger partial charge in [-0.2, -0.15) is 0 Å². The first-order valence-electron chi connectivity index (χ1n) is 5.68. The molecule has 17 heavy (non-hydrogen) atoms. The van der Waals surface area contributed by atoms with Gasteiger partial charge in [0.25, 0.3) is 0 Å². The smallest absolute Gasteiger partial charge is 0.105 e. The maximum atomic E-state index is 10.3. The minimum absolute atomic E-state index is 0.596. The van der Waals surface area contributed by atoms with Crippen molar-refractivity contribution in [3.05, 3.63) is 83.8 Å². The van der Waals surface area contributed by atoms with Crippen molar-refractivity contribution in [2.45, 2.75) is 6.10 Å². The summed E-state index contributed by atoms with van der Waals surface area (Å²) in [4.78, 5) is 0. The number of benzene rings is 1. The average molecular weight is 221 g/mol. The Kier molecular flexibility index (Phi) is 2.34. The largest absolute Gasteiger partial charge is 0.384 e. The summed E-state index contributed by atoms with van der Waals surface area (Å²) in [7, 11) is 0. The Labute approximate surface area is 101 Å². The van der Waals surface area contributed by atoms with Gasteiger partial charge in [-0.1, -0.05) is 55.1 Å². The van der Waals surface area contributed by atoms with Gasteiger partial charge in [0.2, 0.25) is 0 Å². The van der Waals surface area contributed by atoms with Crippen molar-refractivity contribution in [2.75, 3.05) is 0 Å². The van der Waals surface area contributed by atoms with E-state index in [1.165, 1.54) is 0 Å². The molecule has 83 valence electrons. The number of aliphatic hydroxyl groups excluding tert-OH is 1. The van der Waals surface area contributed by atoms with E-state index in [9.17, 15) is 5.11 Å². The highest BCUT2D eigenvalue weighted by molar-refractivity contribution is 5.86. The van der Waals surface area contributed by atoms with Crippen LogP contribution in [0.3, 0.4) is 0 Å². The fraction of sp³-hybridized carbons (Fsp3) is 0.0625. The van der Waals surface area contributed by atoms with Gasteiger partial charge < -0.3 is 5.11 Å². The molecule has 1 heteroatoms. The minimum Gasteiger partial charge on any atom is -0.384 e. The van der Waals surface area contributed by atoms with E-state index in [4.69, 9.17) is 0 Å². The van der Waals surface area contributed by atoms with Gasteiger partial charge in [0.15, 0.2) is 0 Å². The van der Waals surface area contributed by atoms with E-state index in [2.05, 4.69) is 13.0 Å². The zero-order valence-corrected chi connectivity index (χ0v) is 9.43. The highest BCUT2D eigenvalue weighted by Gasteiger charge is 2.26. The first-order chi connectivity index (χ1) is 8.29. The molecule has 0 bridgehead atoms. The van der Waals surface area contributed by atoms with E-state index >= 15 is 0 Å². The number of hydrogen-bond donors (Lipinski definition) is 1.